The van der Waals surface area contributed by atoms with E-state index in [0.717, 1.165) is 48.9 Å². The number of carbonyl (C=O) groups is 1. The topological polar surface area (TPSA) is 93.1 Å². The highest BCUT2D eigenvalue weighted by Gasteiger charge is 2.17. The lowest BCUT2D eigenvalue weighted by Gasteiger charge is -2.26. The maximum atomic E-state index is 12.3. The molecule has 0 aliphatic carbocycles. The highest BCUT2D eigenvalue weighted by Crippen LogP contribution is 2.13. The molecule has 1 saturated heterocycles. The first-order chi connectivity index (χ1) is 11.8. The lowest BCUT2D eigenvalue weighted by atomic mass is 10.2. The van der Waals surface area contributed by atoms with Gasteiger partial charge < -0.3 is 15.0 Å². The summed E-state index contributed by atoms with van der Waals surface area (Å²) in [7, 11) is 0. The molecule has 2 aromatic heterocycles. The summed E-state index contributed by atoms with van der Waals surface area (Å²) in [5.41, 5.74) is 1.53. The second-order valence-electron chi connectivity index (χ2n) is 5.43. The molecule has 1 aliphatic rings. The molecule has 0 atom stereocenters. The van der Waals surface area contributed by atoms with Crippen molar-refractivity contribution in [2.24, 2.45) is 0 Å². The molecule has 1 fully saturated rings. The molecule has 1 aliphatic heterocycles. The van der Waals surface area contributed by atoms with Gasteiger partial charge >= 0.3 is 0 Å². The number of carbonyl (C=O) groups excluding carboxylic acids is 1. The molecular weight excluding hydrogens is 328 g/mol. The zero-order chi connectivity index (χ0) is 16.8. The van der Waals surface area contributed by atoms with Gasteiger partial charge in [0.2, 0.25) is 5.95 Å². The average molecular weight is 348 g/mol. The molecule has 9 heteroatoms. The summed E-state index contributed by atoms with van der Waals surface area (Å²) >= 11 is 1.13. The van der Waals surface area contributed by atoms with E-state index in [9.17, 15) is 4.79 Å². The minimum Gasteiger partial charge on any atom is -0.378 e. The van der Waals surface area contributed by atoms with Crippen LogP contribution in [0.4, 0.5) is 5.95 Å². The third-order valence-corrected chi connectivity index (χ3v) is 4.44. The smallest absolute Gasteiger partial charge is 0.265 e. The zero-order valence-electron chi connectivity index (χ0n) is 13.6. The van der Waals surface area contributed by atoms with Gasteiger partial charge in [-0.1, -0.05) is 17.8 Å². The highest BCUT2D eigenvalue weighted by atomic mass is 32.1. The van der Waals surface area contributed by atoms with Crippen molar-refractivity contribution in [1.29, 1.82) is 0 Å². The number of hydrogen-bond acceptors (Lipinski definition) is 8. The Labute approximate surface area is 144 Å². The number of amides is 1. The van der Waals surface area contributed by atoms with Crippen LogP contribution in [0.1, 0.15) is 34.4 Å². The van der Waals surface area contributed by atoms with E-state index in [1.807, 2.05) is 6.07 Å². The summed E-state index contributed by atoms with van der Waals surface area (Å²) in [6.07, 6.45) is 3.41. The van der Waals surface area contributed by atoms with Crippen LogP contribution in [-0.2, 0) is 17.7 Å². The van der Waals surface area contributed by atoms with Crippen molar-refractivity contribution >= 4 is 23.4 Å². The Morgan fingerprint density at radius 2 is 2.25 bits per heavy atom. The van der Waals surface area contributed by atoms with Crippen LogP contribution in [-0.4, -0.2) is 51.8 Å². The fourth-order valence-electron chi connectivity index (χ4n) is 2.43. The number of ether oxygens (including phenoxy) is 1. The monoisotopic (exact) mass is 348 g/mol. The van der Waals surface area contributed by atoms with Gasteiger partial charge in [0.1, 0.15) is 4.88 Å². The Bertz CT molecular complexity index is 686. The van der Waals surface area contributed by atoms with Crippen LogP contribution >= 0.6 is 11.5 Å². The van der Waals surface area contributed by atoms with E-state index in [2.05, 4.69) is 36.7 Å². The van der Waals surface area contributed by atoms with E-state index in [-0.39, 0.29) is 5.91 Å². The van der Waals surface area contributed by atoms with Crippen molar-refractivity contribution < 1.29 is 9.53 Å². The SMILES string of the molecule is CCCc1nnsc1C(=O)NCc1ccnc(N2CCOCC2)n1. The summed E-state index contributed by atoms with van der Waals surface area (Å²) in [6.45, 7) is 5.33. The second kappa shape index (κ2) is 8.11. The van der Waals surface area contributed by atoms with Gasteiger partial charge in [-0.3, -0.25) is 4.79 Å². The number of nitrogens with one attached hydrogen (secondary N) is 1. The summed E-state index contributed by atoms with van der Waals surface area (Å²) in [4.78, 5) is 23.8. The molecule has 0 saturated carbocycles. The molecule has 1 amide bonds. The van der Waals surface area contributed by atoms with Crippen molar-refractivity contribution in [3.63, 3.8) is 0 Å². The predicted octanol–water partition coefficient (Wildman–Crippen LogP) is 1.05. The van der Waals surface area contributed by atoms with E-state index in [4.69, 9.17) is 4.74 Å². The van der Waals surface area contributed by atoms with Crippen LogP contribution < -0.4 is 10.2 Å². The third-order valence-electron chi connectivity index (χ3n) is 3.67. The predicted molar refractivity (Wildman–Crippen MR) is 90.1 cm³/mol. The first-order valence-corrected chi connectivity index (χ1v) is 8.79. The third kappa shape index (κ3) is 4.04. The minimum absolute atomic E-state index is 0.153. The van der Waals surface area contributed by atoms with Crippen LogP contribution in [0, 0.1) is 0 Å². The molecule has 8 nitrogen and oxygen atoms in total. The lowest BCUT2D eigenvalue weighted by molar-refractivity contribution is 0.0953. The number of aromatic nitrogens is 4. The first kappa shape index (κ1) is 16.7. The molecule has 0 aromatic carbocycles. The number of aryl methyl sites for hydroxylation is 1. The van der Waals surface area contributed by atoms with Gasteiger partial charge in [-0.2, -0.15) is 0 Å². The number of morpholine rings is 1. The summed E-state index contributed by atoms with van der Waals surface area (Å²) in [5.74, 6) is 0.524. The quantitative estimate of drug-likeness (QED) is 0.834. The molecule has 0 radical (unpaired) electrons. The number of nitrogens with zero attached hydrogens (tertiary/aromatic N) is 5. The van der Waals surface area contributed by atoms with Gasteiger partial charge in [0.25, 0.3) is 5.91 Å². The Balaban J connectivity index is 1.61. The standard InChI is InChI=1S/C15H20N6O2S/c1-2-3-12-13(24-20-19-12)14(22)17-10-11-4-5-16-15(18-11)21-6-8-23-9-7-21/h4-5H,2-3,6-10H2,1H3,(H,17,22). The number of rotatable bonds is 6. The Kier molecular flexibility index (Phi) is 5.65. The average Bonchev–Trinajstić information content (AvgIpc) is 3.09. The molecule has 3 rings (SSSR count). The van der Waals surface area contributed by atoms with Crippen molar-refractivity contribution in [2.75, 3.05) is 31.2 Å². The summed E-state index contributed by atoms with van der Waals surface area (Å²) < 4.78 is 9.22. The lowest BCUT2D eigenvalue weighted by Crippen LogP contribution is -2.37. The van der Waals surface area contributed by atoms with Gasteiger partial charge in [-0.15, -0.1) is 5.10 Å². The molecule has 2 aromatic rings. The van der Waals surface area contributed by atoms with Crippen LogP contribution in [0.25, 0.3) is 0 Å². The van der Waals surface area contributed by atoms with Gasteiger partial charge in [-0.05, 0) is 24.0 Å². The highest BCUT2D eigenvalue weighted by molar-refractivity contribution is 7.08. The molecular formula is C15H20N6O2S. The maximum Gasteiger partial charge on any atom is 0.265 e. The molecule has 1 N–H and O–H groups in total. The summed E-state index contributed by atoms with van der Waals surface area (Å²) in [6, 6.07) is 1.81. The van der Waals surface area contributed by atoms with Crippen LogP contribution in [0.2, 0.25) is 0 Å². The van der Waals surface area contributed by atoms with E-state index in [0.29, 0.717) is 30.6 Å². The van der Waals surface area contributed by atoms with Crippen molar-refractivity contribution in [2.45, 2.75) is 26.3 Å². The van der Waals surface area contributed by atoms with Gasteiger partial charge in [0.15, 0.2) is 0 Å². The normalized spacial score (nSPS) is 14.6. The van der Waals surface area contributed by atoms with Crippen LogP contribution in [0.15, 0.2) is 12.3 Å². The Hall–Kier alpha value is -2.13. The fourth-order valence-corrected chi connectivity index (χ4v) is 3.06. The molecule has 0 spiro atoms. The van der Waals surface area contributed by atoms with Crippen LogP contribution in [0.3, 0.4) is 0 Å². The van der Waals surface area contributed by atoms with Crippen molar-refractivity contribution in [3.05, 3.63) is 28.5 Å². The van der Waals surface area contributed by atoms with E-state index < -0.39 is 0 Å². The first-order valence-electron chi connectivity index (χ1n) is 8.02. The van der Waals surface area contributed by atoms with E-state index in [1.165, 1.54) is 0 Å². The van der Waals surface area contributed by atoms with Gasteiger partial charge in [0.05, 0.1) is 31.1 Å². The molecule has 128 valence electrons. The van der Waals surface area contributed by atoms with Gasteiger partial charge in [0, 0.05) is 19.3 Å². The summed E-state index contributed by atoms with van der Waals surface area (Å²) in [5, 5.41) is 6.91. The number of hydrogen-bond donors (Lipinski definition) is 1. The fraction of sp³-hybridized carbons (Fsp3) is 0.533. The van der Waals surface area contributed by atoms with Crippen LogP contribution in [0.5, 0.6) is 0 Å². The molecule has 0 bridgehead atoms. The molecule has 3 heterocycles. The van der Waals surface area contributed by atoms with Gasteiger partial charge in [-0.25, -0.2) is 9.97 Å². The maximum absolute atomic E-state index is 12.3. The largest absolute Gasteiger partial charge is 0.378 e. The Morgan fingerprint density at radius 3 is 3.04 bits per heavy atom. The zero-order valence-corrected chi connectivity index (χ0v) is 14.4. The van der Waals surface area contributed by atoms with E-state index in [1.54, 1.807) is 6.20 Å². The van der Waals surface area contributed by atoms with Crippen molar-refractivity contribution in [1.82, 2.24) is 24.9 Å². The minimum atomic E-state index is -0.153. The number of anilines is 1. The Morgan fingerprint density at radius 1 is 1.42 bits per heavy atom. The van der Waals surface area contributed by atoms with Crippen molar-refractivity contribution in [3.8, 4) is 0 Å². The van der Waals surface area contributed by atoms with E-state index >= 15 is 0 Å². The molecule has 24 heavy (non-hydrogen) atoms. The molecule has 0 unspecified atom stereocenters. The second-order valence-corrected chi connectivity index (χ2v) is 6.18.